The van der Waals surface area contributed by atoms with Crippen LogP contribution in [0.1, 0.15) is 82.6 Å². The maximum Gasteiger partial charge on any atom is 0.408 e. The maximum atomic E-state index is 15.4. The first-order chi connectivity index (χ1) is 19.5. The number of alkyl halides is 2. The van der Waals surface area contributed by atoms with Crippen molar-refractivity contribution in [3.8, 4) is 0 Å². The van der Waals surface area contributed by atoms with Gasteiger partial charge in [-0.2, -0.15) is 8.78 Å². The van der Waals surface area contributed by atoms with Crippen molar-refractivity contribution in [2.24, 2.45) is 23.7 Å². The SMILES string of the molecule is CC[C@H](C)[C@H](NC(=O)[C@@H](NC(=O)C(F)(F)[C@H](O)[C@@H](NC(=O)[C@@H](NC(=O)OC(C)(C)C)C(C)C)C(C)C)C(C)C)C(=O)OC. The van der Waals surface area contributed by atoms with Crippen molar-refractivity contribution in [1.29, 1.82) is 0 Å². The van der Waals surface area contributed by atoms with Crippen LogP contribution in [0.25, 0.3) is 0 Å². The summed E-state index contributed by atoms with van der Waals surface area (Å²) in [5.74, 6) is -11.2. The van der Waals surface area contributed by atoms with Crippen molar-refractivity contribution in [2.75, 3.05) is 7.11 Å². The van der Waals surface area contributed by atoms with Gasteiger partial charge in [-0.15, -0.1) is 0 Å². The van der Waals surface area contributed by atoms with Crippen molar-refractivity contribution in [1.82, 2.24) is 21.3 Å². The summed E-state index contributed by atoms with van der Waals surface area (Å²) in [6.07, 6.45) is -3.10. The molecule has 0 bridgehead atoms. The molecular weight excluding hydrogens is 570 g/mol. The van der Waals surface area contributed by atoms with Crippen molar-refractivity contribution >= 4 is 29.8 Å². The van der Waals surface area contributed by atoms with Gasteiger partial charge in [0.25, 0.3) is 5.91 Å². The van der Waals surface area contributed by atoms with Crippen molar-refractivity contribution in [3.63, 3.8) is 0 Å². The van der Waals surface area contributed by atoms with E-state index in [0.717, 1.165) is 7.11 Å². The van der Waals surface area contributed by atoms with Crippen LogP contribution in [0.3, 0.4) is 0 Å². The molecule has 0 aromatic carbocycles. The molecule has 0 aliphatic heterocycles. The van der Waals surface area contributed by atoms with Crippen LogP contribution in [0.4, 0.5) is 13.6 Å². The lowest BCUT2D eigenvalue weighted by molar-refractivity contribution is -0.171. The van der Waals surface area contributed by atoms with Crippen molar-refractivity contribution in [3.05, 3.63) is 0 Å². The number of rotatable bonds is 15. The number of ether oxygens (including phenoxy) is 2. The zero-order chi connectivity index (χ0) is 34.0. The molecule has 0 heterocycles. The number of esters is 1. The van der Waals surface area contributed by atoms with Gasteiger partial charge in [0.05, 0.1) is 13.2 Å². The molecule has 43 heavy (non-hydrogen) atoms. The second kappa shape index (κ2) is 16.7. The van der Waals surface area contributed by atoms with Gasteiger partial charge in [-0.05, 0) is 44.4 Å². The summed E-state index contributed by atoms with van der Waals surface area (Å²) in [4.78, 5) is 63.4. The lowest BCUT2D eigenvalue weighted by Crippen LogP contribution is -2.64. The molecule has 14 heteroatoms. The fourth-order valence-corrected chi connectivity index (χ4v) is 4.01. The van der Waals surface area contributed by atoms with E-state index in [9.17, 15) is 29.1 Å². The summed E-state index contributed by atoms with van der Waals surface area (Å²) in [5.41, 5.74) is -0.854. The molecule has 0 aromatic heterocycles. The second-order valence-electron chi connectivity index (χ2n) is 12.8. The van der Waals surface area contributed by atoms with Gasteiger partial charge in [-0.3, -0.25) is 14.4 Å². The fraction of sp³-hybridized carbons (Fsp3) is 0.828. The molecule has 0 rings (SSSR count). The average Bonchev–Trinajstić information content (AvgIpc) is 2.88. The minimum absolute atomic E-state index is 0.349. The Balaban J connectivity index is 5.94. The zero-order valence-corrected chi connectivity index (χ0v) is 27.5. The summed E-state index contributed by atoms with van der Waals surface area (Å²) in [5, 5.41) is 19.9. The highest BCUT2D eigenvalue weighted by molar-refractivity contribution is 5.93. The second-order valence-corrected chi connectivity index (χ2v) is 12.8. The van der Waals surface area contributed by atoms with E-state index in [4.69, 9.17) is 9.47 Å². The van der Waals surface area contributed by atoms with Gasteiger partial charge < -0.3 is 35.8 Å². The van der Waals surface area contributed by atoms with Crippen LogP contribution in [-0.4, -0.2) is 83.8 Å². The molecule has 5 N–H and O–H groups in total. The number of carbonyl (C=O) groups excluding carboxylic acids is 5. The number of hydrogen-bond acceptors (Lipinski definition) is 8. The van der Waals surface area contributed by atoms with Crippen molar-refractivity contribution < 1.29 is 47.3 Å². The van der Waals surface area contributed by atoms with E-state index in [0.29, 0.717) is 6.42 Å². The Morgan fingerprint density at radius 1 is 0.744 bits per heavy atom. The Hall–Kier alpha value is -3.03. The smallest absolute Gasteiger partial charge is 0.408 e. The summed E-state index contributed by atoms with van der Waals surface area (Å²) >= 11 is 0. The largest absolute Gasteiger partial charge is 0.467 e. The number of methoxy groups -OCH3 is 1. The summed E-state index contributed by atoms with van der Waals surface area (Å²) in [6, 6.07) is -5.39. The van der Waals surface area contributed by atoms with E-state index in [2.05, 4.69) is 16.0 Å². The molecule has 0 radical (unpaired) electrons. The van der Waals surface area contributed by atoms with Gasteiger partial charge in [0.15, 0.2) is 0 Å². The van der Waals surface area contributed by atoms with Crippen LogP contribution in [-0.2, 0) is 28.7 Å². The number of aliphatic hydroxyl groups excluding tert-OH is 1. The molecule has 0 saturated heterocycles. The first-order valence-electron chi connectivity index (χ1n) is 14.6. The Morgan fingerprint density at radius 3 is 1.60 bits per heavy atom. The quantitative estimate of drug-likeness (QED) is 0.173. The number of hydrogen-bond donors (Lipinski definition) is 5. The maximum absolute atomic E-state index is 15.4. The van der Waals surface area contributed by atoms with Crippen LogP contribution in [0.15, 0.2) is 0 Å². The molecule has 250 valence electrons. The number of amides is 4. The van der Waals surface area contributed by atoms with Crippen LogP contribution in [0, 0.1) is 23.7 Å². The molecule has 12 nitrogen and oxygen atoms in total. The topological polar surface area (TPSA) is 172 Å². The molecule has 0 aliphatic carbocycles. The monoisotopic (exact) mass is 622 g/mol. The third-order valence-corrected chi connectivity index (χ3v) is 6.86. The number of aliphatic hydroxyl groups is 1. The molecular formula is C29H52F2N4O8. The third kappa shape index (κ3) is 12.2. The van der Waals surface area contributed by atoms with Gasteiger partial charge in [0.1, 0.15) is 29.8 Å². The number of halogens is 2. The predicted octanol–water partition coefficient (Wildman–Crippen LogP) is 2.52. The first kappa shape index (κ1) is 40.0. The highest BCUT2D eigenvalue weighted by atomic mass is 19.3. The standard InChI is InChI=1S/C29H52F2N4O8/c1-13-17(8)21(25(39)42-12)33-23(37)19(15(4)5)34-26(40)29(30,31)22(36)18(14(2)3)32-24(38)20(16(6)7)35-27(41)43-28(9,10)11/h14-22,36H,13H2,1-12H3,(H,32,38)(H,33,37)(H,34,40)(H,35,41)/t17-,18-,19-,20-,21-,22+/m0/s1. The molecule has 0 unspecified atom stereocenters. The Morgan fingerprint density at radius 2 is 1.21 bits per heavy atom. The lowest BCUT2D eigenvalue weighted by atomic mass is 9.92. The minimum Gasteiger partial charge on any atom is -0.467 e. The zero-order valence-electron chi connectivity index (χ0n) is 27.5. The van der Waals surface area contributed by atoms with Crippen LogP contribution >= 0.6 is 0 Å². The molecule has 0 aliphatic rings. The summed E-state index contributed by atoms with van der Waals surface area (Å²) in [7, 11) is 1.15. The first-order valence-corrected chi connectivity index (χ1v) is 14.6. The van der Waals surface area contributed by atoms with Gasteiger partial charge in [0, 0.05) is 0 Å². The van der Waals surface area contributed by atoms with Crippen LogP contribution in [0.2, 0.25) is 0 Å². The van der Waals surface area contributed by atoms with Crippen molar-refractivity contribution in [2.45, 2.75) is 124 Å². The van der Waals surface area contributed by atoms with Crippen LogP contribution in [0.5, 0.6) is 0 Å². The van der Waals surface area contributed by atoms with Gasteiger partial charge in [-0.1, -0.05) is 61.8 Å². The van der Waals surface area contributed by atoms with E-state index in [1.165, 1.54) is 27.7 Å². The average molecular weight is 623 g/mol. The highest BCUT2D eigenvalue weighted by Crippen LogP contribution is 2.26. The normalized spacial score (nSPS) is 16.4. The molecule has 0 saturated carbocycles. The summed E-state index contributed by atoms with van der Waals surface area (Å²) in [6.45, 7) is 17.6. The van der Waals surface area contributed by atoms with E-state index < -0.39 is 89.3 Å². The van der Waals surface area contributed by atoms with E-state index >= 15 is 8.78 Å². The third-order valence-electron chi connectivity index (χ3n) is 6.86. The van der Waals surface area contributed by atoms with E-state index in [-0.39, 0.29) is 5.92 Å². The molecule has 4 amide bonds. The van der Waals surface area contributed by atoms with Crippen LogP contribution < -0.4 is 21.3 Å². The highest BCUT2D eigenvalue weighted by Gasteiger charge is 2.52. The fourth-order valence-electron chi connectivity index (χ4n) is 4.01. The van der Waals surface area contributed by atoms with Gasteiger partial charge >= 0.3 is 18.0 Å². The Bertz CT molecular complexity index is 969. The van der Waals surface area contributed by atoms with E-state index in [1.54, 1.807) is 48.5 Å². The Kier molecular flexibility index (Phi) is 15.5. The molecule has 0 aromatic rings. The molecule has 6 atom stereocenters. The molecule has 0 fully saturated rings. The van der Waals surface area contributed by atoms with Gasteiger partial charge in [-0.25, -0.2) is 9.59 Å². The van der Waals surface area contributed by atoms with Gasteiger partial charge in [0.2, 0.25) is 11.8 Å². The number of nitrogens with one attached hydrogen (secondary N) is 4. The number of carbonyl (C=O) groups is 5. The predicted molar refractivity (Wildman–Crippen MR) is 156 cm³/mol. The summed E-state index contributed by atoms with van der Waals surface area (Å²) < 4.78 is 40.8. The Labute approximate surface area is 253 Å². The van der Waals surface area contributed by atoms with E-state index in [1.807, 2.05) is 5.32 Å². The number of alkyl carbamates (subject to hydrolysis) is 1. The molecule has 0 spiro atoms. The minimum atomic E-state index is -4.46. The lowest BCUT2D eigenvalue weighted by Gasteiger charge is -2.34.